The van der Waals surface area contributed by atoms with E-state index >= 15 is 0 Å². The first-order valence-corrected chi connectivity index (χ1v) is 8.30. The lowest BCUT2D eigenvalue weighted by Crippen LogP contribution is -2.27. The third-order valence-corrected chi connectivity index (χ3v) is 6.23. The van der Waals surface area contributed by atoms with Crippen LogP contribution in [0.5, 0.6) is 0 Å². The standard InChI is InChI=1S/C10H13ClN2O6S2/c1-12(5-3-4-8(14)19-2)21(17,18)9-6-7(13(15)16)10(11)20-9/h6H,3-5H2,1-2H3. The third kappa shape index (κ3) is 4.37. The highest BCUT2D eigenvalue weighted by atomic mass is 35.5. The number of nitrogens with zero attached hydrogens (tertiary/aromatic N) is 2. The average molecular weight is 357 g/mol. The molecule has 1 heterocycles. The van der Waals surface area contributed by atoms with Gasteiger partial charge in [-0.15, -0.1) is 11.3 Å². The number of rotatable bonds is 7. The molecule has 0 atom stereocenters. The zero-order valence-electron chi connectivity index (χ0n) is 11.2. The summed E-state index contributed by atoms with van der Waals surface area (Å²) in [5.41, 5.74) is -0.441. The van der Waals surface area contributed by atoms with Gasteiger partial charge in [0.1, 0.15) is 4.21 Å². The molecule has 11 heteroatoms. The quantitative estimate of drug-likeness (QED) is 0.419. The van der Waals surface area contributed by atoms with Crippen LogP contribution in [0, 0.1) is 10.1 Å². The van der Waals surface area contributed by atoms with Crippen molar-refractivity contribution in [2.24, 2.45) is 0 Å². The molecule has 1 aromatic rings. The Labute approximate surface area is 130 Å². The zero-order chi connectivity index (χ0) is 16.2. The van der Waals surface area contributed by atoms with E-state index in [1.807, 2.05) is 0 Å². The molecule has 0 saturated carbocycles. The molecule has 0 radical (unpaired) electrons. The molecular formula is C10H13ClN2O6S2. The molecule has 0 fully saturated rings. The Morgan fingerprint density at radius 2 is 2.19 bits per heavy atom. The molecule has 0 unspecified atom stereocenters. The first kappa shape index (κ1) is 17.8. The maximum Gasteiger partial charge on any atom is 0.305 e. The van der Waals surface area contributed by atoms with Crippen LogP contribution >= 0.6 is 22.9 Å². The van der Waals surface area contributed by atoms with Gasteiger partial charge >= 0.3 is 5.97 Å². The molecule has 0 aliphatic rings. The van der Waals surface area contributed by atoms with E-state index < -0.39 is 26.6 Å². The van der Waals surface area contributed by atoms with E-state index in [-0.39, 0.29) is 27.9 Å². The van der Waals surface area contributed by atoms with Gasteiger partial charge in [-0.1, -0.05) is 11.6 Å². The second kappa shape index (κ2) is 7.16. The van der Waals surface area contributed by atoms with Gasteiger partial charge < -0.3 is 4.74 Å². The largest absolute Gasteiger partial charge is 0.469 e. The van der Waals surface area contributed by atoms with E-state index in [2.05, 4.69) is 4.74 Å². The monoisotopic (exact) mass is 356 g/mol. The molecule has 0 aliphatic heterocycles. The summed E-state index contributed by atoms with van der Waals surface area (Å²) in [6.45, 7) is 0.0841. The molecule has 0 saturated heterocycles. The highest BCUT2D eigenvalue weighted by Crippen LogP contribution is 2.37. The summed E-state index contributed by atoms with van der Waals surface area (Å²) in [6, 6.07) is 0.930. The van der Waals surface area contributed by atoms with Crippen molar-refractivity contribution in [3.63, 3.8) is 0 Å². The van der Waals surface area contributed by atoms with Crippen LogP contribution in [0.15, 0.2) is 10.3 Å². The van der Waals surface area contributed by atoms with Gasteiger partial charge in [0, 0.05) is 26.1 Å². The Kier molecular flexibility index (Phi) is 6.08. The lowest BCUT2D eigenvalue weighted by molar-refractivity contribution is -0.384. The van der Waals surface area contributed by atoms with E-state index in [1.54, 1.807) is 0 Å². The number of ether oxygens (including phenoxy) is 1. The molecule has 8 nitrogen and oxygen atoms in total. The molecule has 1 rings (SSSR count). The molecule has 0 aliphatic carbocycles. The summed E-state index contributed by atoms with van der Waals surface area (Å²) < 4.78 is 29.5. The van der Waals surface area contributed by atoms with E-state index in [4.69, 9.17) is 11.6 Å². The normalized spacial score (nSPS) is 11.6. The summed E-state index contributed by atoms with van der Waals surface area (Å²) in [5.74, 6) is -0.435. The average Bonchev–Trinajstić information content (AvgIpc) is 2.81. The summed E-state index contributed by atoms with van der Waals surface area (Å²) >= 11 is 6.27. The van der Waals surface area contributed by atoms with Crippen LogP contribution in [0.1, 0.15) is 12.8 Å². The molecule has 118 valence electrons. The summed E-state index contributed by atoms with van der Waals surface area (Å²) in [5, 5.41) is 10.7. The number of methoxy groups -OCH3 is 1. The minimum atomic E-state index is -3.87. The molecule has 0 bridgehead atoms. The van der Waals surface area contributed by atoms with Crippen molar-refractivity contribution in [1.82, 2.24) is 4.31 Å². The maximum atomic E-state index is 12.2. The first-order valence-electron chi connectivity index (χ1n) is 5.67. The van der Waals surface area contributed by atoms with Crippen molar-refractivity contribution in [2.45, 2.75) is 17.1 Å². The Hall–Kier alpha value is -1.23. The van der Waals surface area contributed by atoms with Gasteiger partial charge in [0.05, 0.1) is 12.0 Å². The highest BCUT2D eigenvalue weighted by molar-refractivity contribution is 7.91. The van der Waals surface area contributed by atoms with Gasteiger partial charge in [-0.05, 0) is 6.42 Å². The van der Waals surface area contributed by atoms with Crippen molar-refractivity contribution in [2.75, 3.05) is 20.7 Å². The highest BCUT2D eigenvalue weighted by Gasteiger charge is 2.28. The number of thiophene rings is 1. The van der Waals surface area contributed by atoms with Gasteiger partial charge in [-0.3, -0.25) is 14.9 Å². The first-order chi connectivity index (χ1) is 9.70. The van der Waals surface area contributed by atoms with E-state index in [9.17, 15) is 23.3 Å². The molecule has 0 aromatic carbocycles. The number of carbonyl (C=O) groups excluding carboxylic acids is 1. The van der Waals surface area contributed by atoms with Gasteiger partial charge in [0.25, 0.3) is 15.7 Å². The van der Waals surface area contributed by atoms with E-state index in [0.717, 1.165) is 10.4 Å². The Morgan fingerprint density at radius 3 is 2.67 bits per heavy atom. The fourth-order valence-electron chi connectivity index (χ4n) is 1.41. The van der Waals surface area contributed by atoms with Crippen LogP contribution in [0.4, 0.5) is 5.69 Å². The number of nitro groups is 1. The van der Waals surface area contributed by atoms with Gasteiger partial charge in [-0.25, -0.2) is 12.7 Å². The van der Waals surface area contributed by atoms with E-state index in [0.29, 0.717) is 11.3 Å². The fraction of sp³-hybridized carbons (Fsp3) is 0.500. The molecule has 1 aromatic heterocycles. The number of halogens is 1. The Morgan fingerprint density at radius 1 is 1.57 bits per heavy atom. The van der Waals surface area contributed by atoms with Crippen molar-refractivity contribution in [1.29, 1.82) is 0 Å². The lowest BCUT2D eigenvalue weighted by Gasteiger charge is -2.15. The fourth-order valence-corrected chi connectivity index (χ4v) is 4.50. The van der Waals surface area contributed by atoms with Crippen LogP contribution in [0.25, 0.3) is 0 Å². The summed E-state index contributed by atoms with van der Waals surface area (Å²) in [6.07, 6.45) is 0.366. The number of carbonyl (C=O) groups is 1. The SMILES string of the molecule is COC(=O)CCCN(C)S(=O)(=O)c1cc([N+](=O)[O-])c(Cl)s1. The van der Waals surface area contributed by atoms with E-state index in [1.165, 1.54) is 14.2 Å². The molecular weight excluding hydrogens is 344 g/mol. The van der Waals surface area contributed by atoms with Crippen LogP contribution in [0.2, 0.25) is 4.34 Å². The predicted octanol–water partition coefficient (Wildman–Crippen LogP) is 1.88. The van der Waals surface area contributed by atoms with Crippen molar-refractivity contribution < 1.29 is 22.9 Å². The number of hydrogen-bond acceptors (Lipinski definition) is 7. The maximum absolute atomic E-state index is 12.2. The number of esters is 1. The zero-order valence-corrected chi connectivity index (χ0v) is 13.6. The minimum absolute atomic E-state index is 0.0841. The molecule has 0 amide bonds. The van der Waals surface area contributed by atoms with Crippen molar-refractivity contribution in [3.8, 4) is 0 Å². The van der Waals surface area contributed by atoms with Crippen molar-refractivity contribution in [3.05, 3.63) is 20.5 Å². The second-order valence-corrected chi connectivity index (χ2v) is 7.91. The van der Waals surface area contributed by atoms with Crippen LogP contribution in [-0.4, -0.2) is 44.3 Å². The summed E-state index contributed by atoms with van der Waals surface area (Å²) in [4.78, 5) is 20.9. The van der Waals surface area contributed by atoms with Gasteiger partial charge in [0.15, 0.2) is 4.34 Å². The van der Waals surface area contributed by atoms with Crippen LogP contribution in [-0.2, 0) is 19.6 Å². The smallest absolute Gasteiger partial charge is 0.305 e. The second-order valence-electron chi connectivity index (χ2n) is 3.99. The molecule has 21 heavy (non-hydrogen) atoms. The summed E-state index contributed by atoms with van der Waals surface area (Å²) in [7, 11) is -1.30. The topological polar surface area (TPSA) is 107 Å². The Balaban J connectivity index is 2.83. The van der Waals surface area contributed by atoms with Gasteiger partial charge in [0.2, 0.25) is 0 Å². The lowest BCUT2D eigenvalue weighted by atomic mass is 10.3. The number of sulfonamides is 1. The van der Waals surface area contributed by atoms with Crippen molar-refractivity contribution >= 4 is 44.6 Å². The minimum Gasteiger partial charge on any atom is -0.469 e. The third-order valence-electron chi connectivity index (χ3n) is 2.59. The predicted molar refractivity (Wildman–Crippen MR) is 77.0 cm³/mol. The van der Waals surface area contributed by atoms with Gasteiger partial charge in [-0.2, -0.15) is 0 Å². The number of hydrogen-bond donors (Lipinski definition) is 0. The Bertz CT molecular complexity index is 642. The molecule has 0 spiro atoms. The van der Waals surface area contributed by atoms with Crippen LogP contribution < -0.4 is 0 Å². The van der Waals surface area contributed by atoms with Crippen LogP contribution in [0.3, 0.4) is 0 Å². The molecule has 0 N–H and O–H groups in total.